The Morgan fingerprint density at radius 3 is 2.67 bits per heavy atom. The first kappa shape index (κ1) is 15.4. The van der Waals surface area contributed by atoms with Crippen LogP contribution in [0.1, 0.15) is 27.2 Å². The van der Waals surface area contributed by atoms with Crippen molar-refractivity contribution in [2.24, 2.45) is 5.73 Å². The van der Waals surface area contributed by atoms with Gasteiger partial charge in [0.05, 0.1) is 6.61 Å². The van der Waals surface area contributed by atoms with Crippen LogP contribution in [-0.4, -0.2) is 67.2 Å². The molecule has 18 heavy (non-hydrogen) atoms. The molecule has 0 aliphatic carbocycles. The molecule has 0 spiro atoms. The molecule has 0 aromatic rings. The molecule has 2 N–H and O–H groups in total. The van der Waals surface area contributed by atoms with Crippen molar-refractivity contribution in [1.29, 1.82) is 0 Å². The van der Waals surface area contributed by atoms with E-state index in [2.05, 4.69) is 30.7 Å². The van der Waals surface area contributed by atoms with Crippen LogP contribution in [0.2, 0.25) is 0 Å². The van der Waals surface area contributed by atoms with Crippen molar-refractivity contribution < 1.29 is 9.53 Å². The van der Waals surface area contributed by atoms with E-state index >= 15 is 0 Å². The molecule has 0 amide bonds. The zero-order chi connectivity index (χ0) is 13.8. The van der Waals surface area contributed by atoms with E-state index in [1.807, 2.05) is 0 Å². The molecule has 0 aromatic heterocycles. The normalized spacial score (nSPS) is 22.7. The Morgan fingerprint density at radius 1 is 1.44 bits per heavy atom. The van der Waals surface area contributed by atoms with E-state index in [4.69, 9.17) is 10.5 Å². The zero-order valence-electron chi connectivity index (χ0n) is 12.1. The maximum absolute atomic E-state index is 11.4. The monoisotopic (exact) mass is 257 g/mol. The summed E-state index contributed by atoms with van der Waals surface area (Å²) in [5, 5.41) is 0. The smallest absolute Gasteiger partial charge is 0.322 e. The number of piperazine rings is 1. The van der Waals surface area contributed by atoms with Crippen LogP contribution in [0.3, 0.4) is 0 Å². The first-order valence-corrected chi connectivity index (χ1v) is 6.72. The second-order valence-corrected chi connectivity index (χ2v) is 5.66. The second kappa shape index (κ2) is 6.50. The summed E-state index contributed by atoms with van der Waals surface area (Å²) >= 11 is 0. The number of carbonyl (C=O) groups excluding carboxylic acids is 1. The first-order valence-electron chi connectivity index (χ1n) is 6.72. The standard InChI is InChI=1S/C13H27N3O2/c1-5-18-12(17)11(14)6-7-16-9-8-15(4)13(2,3)10-16/h11H,5-10,14H2,1-4H3. The van der Waals surface area contributed by atoms with Crippen LogP contribution in [-0.2, 0) is 9.53 Å². The predicted octanol–water partition coefficient (Wildman–Crippen LogP) is 0.293. The van der Waals surface area contributed by atoms with Crippen molar-refractivity contribution in [3.63, 3.8) is 0 Å². The highest BCUT2D eigenvalue weighted by atomic mass is 16.5. The number of hydrogen-bond acceptors (Lipinski definition) is 5. The fourth-order valence-corrected chi connectivity index (χ4v) is 2.22. The topological polar surface area (TPSA) is 58.8 Å². The van der Waals surface area contributed by atoms with Gasteiger partial charge in [-0.2, -0.15) is 0 Å². The van der Waals surface area contributed by atoms with Crippen LogP contribution >= 0.6 is 0 Å². The SMILES string of the molecule is CCOC(=O)C(N)CCN1CCN(C)C(C)(C)C1. The van der Waals surface area contributed by atoms with Gasteiger partial charge in [-0.05, 0) is 34.2 Å². The lowest BCUT2D eigenvalue weighted by Gasteiger charge is -2.45. The minimum Gasteiger partial charge on any atom is -0.465 e. The Labute approximate surface area is 110 Å². The Kier molecular flexibility index (Phi) is 5.56. The Bertz CT molecular complexity index is 281. The molecule has 1 unspecified atom stereocenters. The van der Waals surface area contributed by atoms with Gasteiger partial charge in [0, 0.05) is 31.7 Å². The fraction of sp³-hybridized carbons (Fsp3) is 0.923. The summed E-state index contributed by atoms with van der Waals surface area (Å²) in [6, 6.07) is -0.493. The van der Waals surface area contributed by atoms with Crippen LogP contribution in [0.25, 0.3) is 0 Å². The number of ether oxygens (including phenoxy) is 1. The average Bonchev–Trinajstić information content (AvgIpc) is 2.30. The maximum Gasteiger partial charge on any atom is 0.322 e. The van der Waals surface area contributed by atoms with Crippen molar-refractivity contribution >= 4 is 5.97 Å². The van der Waals surface area contributed by atoms with Crippen molar-refractivity contribution in [3.05, 3.63) is 0 Å². The summed E-state index contributed by atoms with van der Waals surface area (Å²) in [5.74, 6) is -0.286. The molecule has 1 atom stereocenters. The quantitative estimate of drug-likeness (QED) is 0.718. The van der Waals surface area contributed by atoms with Crippen LogP contribution in [0, 0.1) is 0 Å². The summed E-state index contributed by atoms with van der Waals surface area (Å²) in [4.78, 5) is 16.2. The minimum atomic E-state index is -0.493. The van der Waals surface area contributed by atoms with E-state index in [1.54, 1.807) is 6.92 Å². The van der Waals surface area contributed by atoms with Crippen LogP contribution in [0.5, 0.6) is 0 Å². The molecule has 1 heterocycles. The van der Waals surface area contributed by atoms with Gasteiger partial charge in [0.15, 0.2) is 0 Å². The van der Waals surface area contributed by atoms with Crippen LogP contribution in [0.4, 0.5) is 0 Å². The third-order valence-corrected chi connectivity index (χ3v) is 3.74. The van der Waals surface area contributed by atoms with E-state index in [0.29, 0.717) is 13.0 Å². The van der Waals surface area contributed by atoms with E-state index in [-0.39, 0.29) is 11.5 Å². The Morgan fingerprint density at radius 2 is 2.11 bits per heavy atom. The van der Waals surface area contributed by atoms with Crippen molar-refractivity contribution in [2.75, 3.05) is 39.8 Å². The van der Waals surface area contributed by atoms with Gasteiger partial charge in [-0.15, -0.1) is 0 Å². The number of nitrogens with zero attached hydrogens (tertiary/aromatic N) is 2. The van der Waals surface area contributed by atoms with Gasteiger partial charge in [-0.25, -0.2) is 0 Å². The lowest BCUT2D eigenvalue weighted by molar-refractivity contribution is -0.144. The molecule has 1 fully saturated rings. The molecule has 5 heteroatoms. The number of esters is 1. The number of nitrogens with two attached hydrogens (primary N) is 1. The molecule has 0 bridgehead atoms. The highest BCUT2D eigenvalue weighted by Gasteiger charge is 2.31. The van der Waals surface area contributed by atoms with E-state index < -0.39 is 6.04 Å². The summed E-state index contributed by atoms with van der Waals surface area (Å²) < 4.78 is 4.91. The molecule has 1 aliphatic rings. The van der Waals surface area contributed by atoms with Gasteiger partial charge in [-0.3, -0.25) is 9.69 Å². The highest BCUT2D eigenvalue weighted by molar-refractivity contribution is 5.75. The molecular weight excluding hydrogens is 230 g/mol. The van der Waals surface area contributed by atoms with Crippen LogP contribution in [0.15, 0.2) is 0 Å². The zero-order valence-corrected chi connectivity index (χ0v) is 12.1. The summed E-state index contributed by atoms with van der Waals surface area (Å²) in [7, 11) is 2.15. The summed E-state index contributed by atoms with van der Waals surface area (Å²) in [6.45, 7) is 10.6. The van der Waals surface area contributed by atoms with E-state index in [9.17, 15) is 4.79 Å². The lowest BCUT2D eigenvalue weighted by atomic mass is 9.99. The minimum absolute atomic E-state index is 0.187. The van der Waals surface area contributed by atoms with E-state index in [1.165, 1.54) is 0 Å². The predicted molar refractivity (Wildman–Crippen MR) is 72.4 cm³/mol. The van der Waals surface area contributed by atoms with Gasteiger partial charge in [0.1, 0.15) is 6.04 Å². The molecule has 0 saturated carbocycles. The first-order chi connectivity index (χ1) is 8.36. The average molecular weight is 257 g/mol. The van der Waals surface area contributed by atoms with Gasteiger partial charge in [0.25, 0.3) is 0 Å². The fourth-order valence-electron chi connectivity index (χ4n) is 2.22. The Balaban J connectivity index is 2.34. The van der Waals surface area contributed by atoms with Gasteiger partial charge in [-0.1, -0.05) is 0 Å². The lowest BCUT2D eigenvalue weighted by Crippen LogP contribution is -2.58. The molecule has 0 aromatic carbocycles. The molecular formula is C13H27N3O2. The number of rotatable bonds is 5. The summed E-state index contributed by atoms with van der Waals surface area (Å²) in [5.41, 5.74) is 5.99. The largest absolute Gasteiger partial charge is 0.465 e. The van der Waals surface area contributed by atoms with Crippen molar-refractivity contribution in [2.45, 2.75) is 38.8 Å². The maximum atomic E-state index is 11.4. The third kappa shape index (κ3) is 4.23. The van der Waals surface area contributed by atoms with Gasteiger partial charge in [0.2, 0.25) is 0 Å². The Hall–Kier alpha value is -0.650. The van der Waals surface area contributed by atoms with E-state index in [0.717, 1.165) is 26.2 Å². The molecule has 0 radical (unpaired) electrons. The molecule has 1 saturated heterocycles. The van der Waals surface area contributed by atoms with Gasteiger partial charge < -0.3 is 15.4 Å². The number of likely N-dealkylation sites (N-methyl/N-ethyl adjacent to an activating group) is 1. The van der Waals surface area contributed by atoms with Crippen LogP contribution < -0.4 is 5.73 Å². The number of hydrogen-bond donors (Lipinski definition) is 1. The third-order valence-electron chi connectivity index (χ3n) is 3.74. The van der Waals surface area contributed by atoms with Crippen molar-refractivity contribution in [3.8, 4) is 0 Å². The molecule has 1 rings (SSSR count). The van der Waals surface area contributed by atoms with Crippen molar-refractivity contribution in [1.82, 2.24) is 9.80 Å². The summed E-state index contributed by atoms with van der Waals surface area (Å²) in [6.07, 6.45) is 0.665. The van der Waals surface area contributed by atoms with Gasteiger partial charge >= 0.3 is 5.97 Å². The highest BCUT2D eigenvalue weighted by Crippen LogP contribution is 2.18. The molecule has 5 nitrogen and oxygen atoms in total. The number of carbonyl (C=O) groups is 1. The molecule has 106 valence electrons. The second-order valence-electron chi connectivity index (χ2n) is 5.66. The molecule has 1 aliphatic heterocycles.